The number of benzene rings is 1. The molecule has 1 aromatic carbocycles. The highest BCUT2D eigenvalue weighted by atomic mass is 19.1. The summed E-state index contributed by atoms with van der Waals surface area (Å²) < 4.78 is 12.9. The lowest BCUT2D eigenvalue weighted by Crippen LogP contribution is -2.13. The first kappa shape index (κ1) is 13.1. The van der Waals surface area contributed by atoms with Crippen LogP contribution in [0.3, 0.4) is 0 Å². The maximum atomic E-state index is 12.9. The lowest BCUT2D eigenvalue weighted by molar-refractivity contribution is -0.384. The van der Waals surface area contributed by atoms with Gasteiger partial charge < -0.3 is 5.32 Å². The van der Waals surface area contributed by atoms with Crippen molar-refractivity contribution in [3.63, 3.8) is 0 Å². The fourth-order valence-electron chi connectivity index (χ4n) is 1.68. The maximum absolute atomic E-state index is 12.9. The van der Waals surface area contributed by atoms with Gasteiger partial charge in [-0.25, -0.2) is 4.39 Å². The molecule has 0 saturated heterocycles. The van der Waals surface area contributed by atoms with Gasteiger partial charge in [0.1, 0.15) is 5.82 Å². The average Bonchev–Trinajstić information content (AvgIpc) is 2.39. The smallest absolute Gasteiger partial charge is 0.269 e. The second-order valence-corrected chi connectivity index (χ2v) is 4.04. The van der Waals surface area contributed by atoms with E-state index in [2.05, 4.69) is 10.3 Å². The Bertz CT molecular complexity index is 590. The summed E-state index contributed by atoms with van der Waals surface area (Å²) in [6.07, 6.45) is 2.72. The minimum absolute atomic E-state index is 0.0618. The van der Waals surface area contributed by atoms with Gasteiger partial charge in [0.25, 0.3) is 5.69 Å². The number of non-ortho nitro benzene ring substituents is 1. The molecular formula is C13H12FN3O2. The van der Waals surface area contributed by atoms with Gasteiger partial charge >= 0.3 is 0 Å². The van der Waals surface area contributed by atoms with Crippen LogP contribution in [0.4, 0.5) is 10.1 Å². The van der Waals surface area contributed by atoms with Crippen LogP contribution in [0, 0.1) is 15.9 Å². The number of halogens is 1. The predicted octanol–water partition coefficient (Wildman–Crippen LogP) is 2.42. The quantitative estimate of drug-likeness (QED) is 0.663. The number of nitrogens with zero attached hydrogens (tertiary/aromatic N) is 2. The van der Waals surface area contributed by atoms with Crippen molar-refractivity contribution in [3.05, 3.63) is 69.8 Å². The van der Waals surface area contributed by atoms with Crippen LogP contribution >= 0.6 is 0 Å². The molecule has 0 radical (unpaired) electrons. The molecule has 0 saturated carbocycles. The van der Waals surface area contributed by atoms with E-state index in [0.29, 0.717) is 13.1 Å². The Hall–Kier alpha value is -2.34. The Kier molecular flexibility index (Phi) is 4.15. The fourth-order valence-corrected chi connectivity index (χ4v) is 1.68. The molecule has 0 unspecified atom stereocenters. The Morgan fingerprint density at radius 3 is 2.74 bits per heavy atom. The molecule has 0 spiro atoms. The van der Waals surface area contributed by atoms with Gasteiger partial charge in [0.15, 0.2) is 0 Å². The Morgan fingerprint density at radius 1 is 1.21 bits per heavy atom. The molecule has 0 atom stereocenters. The first-order valence-electron chi connectivity index (χ1n) is 5.68. The number of hydrogen-bond acceptors (Lipinski definition) is 4. The van der Waals surface area contributed by atoms with Crippen molar-refractivity contribution >= 4 is 5.69 Å². The fraction of sp³-hybridized carbons (Fsp3) is 0.154. The molecule has 2 aromatic rings. The summed E-state index contributed by atoms with van der Waals surface area (Å²) in [5, 5.41) is 13.7. The standard InChI is InChI=1S/C13H12FN3O2/c14-12-4-11(8-16-9-12)7-15-6-10-2-1-3-13(5-10)17(18)19/h1-5,8-9,15H,6-7H2. The van der Waals surface area contributed by atoms with E-state index in [0.717, 1.165) is 17.3 Å². The van der Waals surface area contributed by atoms with E-state index in [1.807, 2.05) is 0 Å². The number of nitro groups is 1. The highest BCUT2D eigenvalue weighted by Crippen LogP contribution is 2.12. The van der Waals surface area contributed by atoms with E-state index >= 15 is 0 Å². The third kappa shape index (κ3) is 3.82. The van der Waals surface area contributed by atoms with Gasteiger partial charge in [-0.3, -0.25) is 15.1 Å². The first-order valence-corrected chi connectivity index (χ1v) is 5.68. The summed E-state index contributed by atoms with van der Waals surface area (Å²) in [6, 6.07) is 7.78. The van der Waals surface area contributed by atoms with Crippen LogP contribution in [0.15, 0.2) is 42.7 Å². The third-order valence-electron chi connectivity index (χ3n) is 2.54. The summed E-state index contributed by atoms with van der Waals surface area (Å²) in [5.74, 6) is -0.380. The second kappa shape index (κ2) is 6.01. The Balaban J connectivity index is 1.92. The van der Waals surface area contributed by atoms with Gasteiger partial charge in [-0.05, 0) is 17.2 Å². The van der Waals surface area contributed by atoms with Crippen molar-refractivity contribution in [2.24, 2.45) is 0 Å². The first-order chi connectivity index (χ1) is 9.15. The van der Waals surface area contributed by atoms with E-state index in [4.69, 9.17) is 0 Å². The van der Waals surface area contributed by atoms with E-state index in [-0.39, 0.29) is 11.5 Å². The van der Waals surface area contributed by atoms with Gasteiger partial charge in [-0.1, -0.05) is 12.1 Å². The van der Waals surface area contributed by atoms with Crippen molar-refractivity contribution < 1.29 is 9.31 Å². The minimum Gasteiger partial charge on any atom is -0.309 e. The summed E-state index contributed by atoms with van der Waals surface area (Å²) in [6.45, 7) is 0.922. The van der Waals surface area contributed by atoms with Crippen molar-refractivity contribution in [1.82, 2.24) is 10.3 Å². The summed E-state index contributed by atoms with van der Waals surface area (Å²) in [4.78, 5) is 13.9. The normalized spacial score (nSPS) is 10.4. The highest BCUT2D eigenvalue weighted by molar-refractivity contribution is 5.34. The number of nitro benzene ring substituents is 1. The largest absolute Gasteiger partial charge is 0.309 e. The molecule has 0 bridgehead atoms. The summed E-state index contributed by atoms with van der Waals surface area (Å²) in [5.41, 5.74) is 1.59. The van der Waals surface area contributed by atoms with Gasteiger partial charge in [-0.15, -0.1) is 0 Å². The predicted molar refractivity (Wildman–Crippen MR) is 67.8 cm³/mol. The lowest BCUT2D eigenvalue weighted by Gasteiger charge is -2.05. The number of nitrogens with one attached hydrogen (secondary N) is 1. The zero-order valence-electron chi connectivity index (χ0n) is 10.0. The zero-order valence-corrected chi connectivity index (χ0v) is 10.0. The van der Waals surface area contributed by atoms with Gasteiger partial charge in [0, 0.05) is 31.4 Å². The molecule has 0 aliphatic heterocycles. The molecule has 0 aliphatic rings. The topological polar surface area (TPSA) is 68.1 Å². The van der Waals surface area contributed by atoms with Crippen LogP contribution in [-0.4, -0.2) is 9.91 Å². The van der Waals surface area contributed by atoms with E-state index < -0.39 is 4.92 Å². The molecule has 0 aliphatic carbocycles. The van der Waals surface area contributed by atoms with E-state index in [9.17, 15) is 14.5 Å². The molecule has 0 amide bonds. The van der Waals surface area contributed by atoms with Crippen molar-refractivity contribution in [2.45, 2.75) is 13.1 Å². The molecule has 19 heavy (non-hydrogen) atoms. The van der Waals surface area contributed by atoms with Gasteiger partial charge in [-0.2, -0.15) is 0 Å². The van der Waals surface area contributed by atoms with Crippen molar-refractivity contribution in [1.29, 1.82) is 0 Å². The second-order valence-electron chi connectivity index (χ2n) is 4.04. The van der Waals surface area contributed by atoms with Crippen LogP contribution < -0.4 is 5.32 Å². The van der Waals surface area contributed by atoms with Gasteiger partial charge in [0.2, 0.25) is 0 Å². The molecule has 1 aromatic heterocycles. The highest BCUT2D eigenvalue weighted by Gasteiger charge is 2.05. The SMILES string of the molecule is O=[N+]([O-])c1cccc(CNCc2cncc(F)c2)c1. The Labute approximate surface area is 109 Å². The molecule has 6 heteroatoms. The molecule has 1 heterocycles. The third-order valence-corrected chi connectivity index (χ3v) is 2.54. The van der Waals surface area contributed by atoms with Crippen LogP contribution in [-0.2, 0) is 13.1 Å². The van der Waals surface area contributed by atoms with Crippen LogP contribution in [0.2, 0.25) is 0 Å². The molecule has 2 rings (SSSR count). The molecule has 1 N–H and O–H groups in total. The molecule has 0 fully saturated rings. The molecular weight excluding hydrogens is 249 g/mol. The summed E-state index contributed by atoms with van der Waals surface area (Å²) in [7, 11) is 0. The lowest BCUT2D eigenvalue weighted by atomic mass is 10.2. The number of pyridine rings is 1. The van der Waals surface area contributed by atoms with Crippen LogP contribution in [0.5, 0.6) is 0 Å². The van der Waals surface area contributed by atoms with E-state index in [1.165, 1.54) is 18.2 Å². The molecule has 5 nitrogen and oxygen atoms in total. The van der Waals surface area contributed by atoms with Crippen molar-refractivity contribution in [2.75, 3.05) is 0 Å². The van der Waals surface area contributed by atoms with Crippen molar-refractivity contribution in [3.8, 4) is 0 Å². The Morgan fingerprint density at radius 2 is 2.00 bits per heavy atom. The number of rotatable bonds is 5. The van der Waals surface area contributed by atoms with Crippen LogP contribution in [0.1, 0.15) is 11.1 Å². The van der Waals surface area contributed by atoms with Crippen LogP contribution in [0.25, 0.3) is 0 Å². The average molecular weight is 261 g/mol. The monoisotopic (exact) mass is 261 g/mol. The summed E-state index contributed by atoms with van der Waals surface area (Å²) >= 11 is 0. The van der Waals surface area contributed by atoms with Gasteiger partial charge in [0.05, 0.1) is 11.1 Å². The number of aromatic nitrogens is 1. The van der Waals surface area contributed by atoms with E-state index in [1.54, 1.807) is 18.3 Å². The number of hydrogen-bond donors (Lipinski definition) is 1. The zero-order chi connectivity index (χ0) is 13.7. The maximum Gasteiger partial charge on any atom is 0.269 e. The molecule has 98 valence electrons. The minimum atomic E-state index is -0.431.